The molecule has 194 valence electrons. The largest absolute Gasteiger partial charge is 0.465 e. The van der Waals surface area contributed by atoms with Crippen LogP contribution in [-0.2, 0) is 20.9 Å². The average molecular weight is 485 g/mol. The lowest BCUT2D eigenvalue weighted by atomic mass is 9.92. The number of piperazine rings is 1. The number of ether oxygens (including phenoxy) is 1. The molecule has 1 amide bonds. The molecule has 35 heavy (non-hydrogen) atoms. The number of likely N-dealkylation sites (tertiary alicyclic amines) is 2. The van der Waals surface area contributed by atoms with E-state index in [0.717, 1.165) is 78.2 Å². The molecule has 7 heteroatoms. The summed E-state index contributed by atoms with van der Waals surface area (Å²) >= 11 is 0. The predicted octanol–water partition coefficient (Wildman–Crippen LogP) is 2.85. The molecule has 0 bridgehead atoms. The summed E-state index contributed by atoms with van der Waals surface area (Å²) in [6, 6.07) is 11.4. The first-order valence-corrected chi connectivity index (χ1v) is 13.8. The van der Waals surface area contributed by atoms with E-state index >= 15 is 0 Å². The van der Waals surface area contributed by atoms with Crippen molar-refractivity contribution < 1.29 is 14.3 Å². The topological polar surface area (TPSA) is 56.3 Å². The standard InChI is InChI=1S/C28H44N4O3/c1-2-35-28(34)23-30-14-10-24(11-15-30)8-9-27(33)32-20-18-31(19-21-32)26-12-16-29(17-13-26)22-25-6-4-3-5-7-25/h3-7,24,26H,2,8-23H2,1H3. The van der Waals surface area contributed by atoms with Crippen LogP contribution in [0.5, 0.6) is 0 Å². The first-order chi connectivity index (χ1) is 17.1. The molecule has 3 aliphatic rings. The number of esters is 1. The highest BCUT2D eigenvalue weighted by Gasteiger charge is 2.29. The molecule has 0 aromatic heterocycles. The van der Waals surface area contributed by atoms with Gasteiger partial charge in [0.25, 0.3) is 0 Å². The van der Waals surface area contributed by atoms with Gasteiger partial charge < -0.3 is 9.64 Å². The van der Waals surface area contributed by atoms with Gasteiger partial charge in [-0.15, -0.1) is 0 Å². The zero-order valence-electron chi connectivity index (χ0n) is 21.6. The fraction of sp³-hybridized carbons (Fsp3) is 0.714. The molecule has 4 rings (SSSR count). The van der Waals surface area contributed by atoms with Crippen LogP contribution in [0, 0.1) is 5.92 Å². The van der Waals surface area contributed by atoms with Crippen LogP contribution in [0.15, 0.2) is 30.3 Å². The number of hydrogen-bond donors (Lipinski definition) is 0. The second-order valence-electron chi connectivity index (χ2n) is 10.5. The number of carbonyl (C=O) groups excluding carboxylic acids is 2. The van der Waals surface area contributed by atoms with Gasteiger partial charge in [0.1, 0.15) is 0 Å². The summed E-state index contributed by atoms with van der Waals surface area (Å²) < 4.78 is 5.05. The molecule has 0 aliphatic carbocycles. The molecule has 3 fully saturated rings. The predicted molar refractivity (Wildman–Crippen MR) is 138 cm³/mol. The summed E-state index contributed by atoms with van der Waals surface area (Å²) in [4.78, 5) is 34.0. The summed E-state index contributed by atoms with van der Waals surface area (Å²) in [5, 5.41) is 0. The maximum Gasteiger partial charge on any atom is 0.320 e. The molecule has 0 radical (unpaired) electrons. The fourth-order valence-electron chi connectivity index (χ4n) is 5.93. The van der Waals surface area contributed by atoms with Crippen molar-refractivity contribution in [2.24, 2.45) is 5.92 Å². The quantitative estimate of drug-likeness (QED) is 0.503. The SMILES string of the molecule is CCOC(=O)CN1CCC(CCC(=O)N2CCN(C3CCN(Cc4ccccc4)CC3)CC2)CC1. The smallest absolute Gasteiger partial charge is 0.320 e. The lowest BCUT2D eigenvalue weighted by molar-refractivity contribution is -0.144. The summed E-state index contributed by atoms with van der Waals surface area (Å²) in [6.07, 6.45) is 6.25. The zero-order valence-corrected chi connectivity index (χ0v) is 21.6. The lowest BCUT2D eigenvalue weighted by Gasteiger charge is -2.43. The zero-order chi connectivity index (χ0) is 24.5. The van der Waals surface area contributed by atoms with Gasteiger partial charge >= 0.3 is 5.97 Å². The Morgan fingerprint density at radius 3 is 2.17 bits per heavy atom. The van der Waals surface area contributed by atoms with Crippen molar-refractivity contribution in [3.63, 3.8) is 0 Å². The summed E-state index contributed by atoms with van der Waals surface area (Å²) in [7, 11) is 0. The third-order valence-corrected chi connectivity index (χ3v) is 8.12. The van der Waals surface area contributed by atoms with Crippen molar-refractivity contribution in [2.45, 2.75) is 58.0 Å². The second-order valence-corrected chi connectivity index (χ2v) is 10.5. The van der Waals surface area contributed by atoms with E-state index in [1.165, 1.54) is 18.4 Å². The van der Waals surface area contributed by atoms with Crippen LogP contribution in [0.2, 0.25) is 0 Å². The molecular weight excluding hydrogens is 440 g/mol. The van der Waals surface area contributed by atoms with E-state index in [-0.39, 0.29) is 5.97 Å². The highest BCUT2D eigenvalue weighted by molar-refractivity contribution is 5.76. The number of benzene rings is 1. The highest BCUT2D eigenvalue weighted by Crippen LogP contribution is 2.23. The Morgan fingerprint density at radius 1 is 0.857 bits per heavy atom. The van der Waals surface area contributed by atoms with Crippen LogP contribution in [0.1, 0.15) is 51.0 Å². The van der Waals surface area contributed by atoms with Crippen LogP contribution < -0.4 is 0 Å². The molecule has 3 heterocycles. The van der Waals surface area contributed by atoms with Crippen molar-refractivity contribution in [3.8, 4) is 0 Å². The van der Waals surface area contributed by atoms with Crippen LogP contribution in [0.4, 0.5) is 0 Å². The average Bonchev–Trinajstić information content (AvgIpc) is 2.89. The van der Waals surface area contributed by atoms with Gasteiger partial charge in [-0.2, -0.15) is 0 Å². The molecule has 3 saturated heterocycles. The van der Waals surface area contributed by atoms with Gasteiger partial charge in [-0.3, -0.25) is 24.3 Å². The molecule has 0 unspecified atom stereocenters. The van der Waals surface area contributed by atoms with Crippen molar-refractivity contribution >= 4 is 11.9 Å². The minimum Gasteiger partial charge on any atom is -0.465 e. The van der Waals surface area contributed by atoms with Crippen molar-refractivity contribution in [3.05, 3.63) is 35.9 Å². The van der Waals surface area contributed by atoms with Crippen molar-refractivity contribution in [1.82, 2.24) is 19.6 Å². The van der Waals surface area contributed by atoms with Gasteiger partial charge in [0.2, 0.25) is 5.91 Å². The van der Waals surface area contributed by atoms with Crippen LogP contribution in [0.25, 0.3) is 0 Å². The van der Waals surface area contributed by atoms with Crippen molar-refractivity contribution in [2.75, 3.05) is 65.5 Å². The monoisotopic (exact) mass is 484 g/mol. The Bertz CT molecular complexity index is 781. The molecular formula is C28H44N4O3. The first-order valence-electron chi connectivity index (χ1n) is 13.8. The third-order valence-electron chi connectivity index (χ3n) is 8.12. The van der Waals surface area contributed by atoms with Crippen LogP contribution in [0.3, 0.4) is 0 Å². The Hall–Kier alpha value is -1.96. The molecule has 7 nitrogen and oxygen atoms in total. The van der Waals surface area contributed by atoms with E-state index in [1.54, 1.807) is 0 Å². The van der Waals surface area contributed by atoms with E-state index in [4.69, 9.17) is 4.74 Å². The number of rotatable bonds is 9. The number of nitrogens with zero attached hydrogens (tertiary/aromatic N) is 4. The minimum atomic E-state index is -0.127. The Labute approximate surface area is 211 Å². The first kappa shape index (κ1) is 26.1. The van der Waals surface area contributed by atoms with Crippen LogP contribution >= 0.6 is 0 Å². The van der Waals surface area contributed by atoms with Gasteiger partial charge in [-0.25, -0.2) is 0 Å². The minimum absolute atomic E-state index is 0.127. The fourth-order valence-corrected chi connectivity index (χ4v) is 5.93. The number of piperidine rings is 2. The van der Waals surface area contributed by atoms with E-state index < -0.39 is 0 Å². The second kappa shape index (κ2) is 13.4. The summed E-state index contributed by atoms with van der Waals surface area (Å²) in [5.41, 5.74) is 1.40. The lowest BCUT2D eigenvalue weighted by Crippen LogP contribution is -2.54. The van der Waals surface area contributed by atoms with Gasteiger partial charge in [0.15, 0.2) is 0 Å². The van der Waals surface area contributed by atoms with E-state index in [2.05, 4.69) is 49.9 Å². The molecule has 1 aromatic carbocycles. The van der Waals surface area contributed by atoms with E-state index in [9.17, 15) is 9.59 Å². The molecule has 0 N–H and O–H groups in total. The number of amides is 1. The molecule has 0 spiro atoms. The van der Waals surface area contributed by atoms with E-state index in [1.807, 2.05) is 6.92 Å². The van der Waals surface area contributed by atoms with Crippen LogP contribution in [-0.4, -0.2) is 103 Å². The highest BCUT2D eigenvalue weighted by atomic mass is 16.5. The summed E-state index contributed by atoms with van der Waals surface area (Å²) in [6.45, 7) is 11.7. The number of carbonyl (C=O) groups is 2. The molecule has 1 aromatic rings. The van der Waals surface area contributed by atoms with Crippen molar-refractivity contribution in [1.29, 1.82) is 0 Å². The van der Waals surface area contributed by atoms with Gasteiger partial charge in [0.05, 0.1) is 13.2 Å². The normalized spacial score (nSPS) is 21.8. The van der Waals surface area contributed by atoms with Gasteiger partial charge in [-0.05, 0) is 76.7 Å². The Morgan fingerprint density at radius 2 is 1.51 bits per heavy atom. The molecule has 3 aliphatic heterocycles. The summed E-state index contributed by atoms with van der Waals surface area (Å²) in [5.74, 6) is 0.800. The molecule has 0 saturated carbocycles. The number of hydrogen-bond acceptors (Lipinski definition) is 6. The van der Waals surface area contributed by atoms with E-state index in [0.29, 0.717) is 37.4 Å². The van der Waals surface area contributed by atoms with Gasteiger partial charge in [-0.1, -0.05) is 30.3 Å². The third kappa shape index (κ3) is 8.02. The molecule has 0 atom stereocenters. The van der Waals surface area contributed by atoms with Gasteiger partial charge in [0, 0.05) is 45.2 Å². The maximum atomic E-state index is 12.9. The Balaban J connectivity index is 1.09. The maximum absolute atomic E-state index is 12.9. The Kier molecular flexibility index (Phi) is 9.98.